The van der Waals surface area contributed by atoms with E-state index in [9.17, 15) is 10.1 Å². The quantitative estimate of drug-likeness (QED) is 0.428. The minimum atomic E-state index is -0.476. The van der Waals surface area contributed by atoms with Crippen LogP contribution in [0, 0.1) is 32.8 Å². The highest BCUT2D eigenvalue weighted by atomic mass is 16.6. The molecule has 2 atom stereocenters. The first-order chi connectivity index (χ1) is 12.5. The van der Waals surface area contributed by atoms with Crippen molar-refractivity contribution >= 4 is 22.7 Å². The molecule has 130 valence electrons. The number of azo groups is 1. The number of nitrogens with zero attached hydrogens (tertiary/aromatic N) is 6. The number of hydrogen-bond acceptors (Lipinski definition) is 7. The summed E-state index contributed by atoms with van der Waals surface area (Å²) in [4.78, 5) is 11.9. The zero-order chi connectivity index (χ0) is 19.1. The minimum Gasteiger partial charge on any atom is -0.340 e. The molecule has 0 aliphatic carbocycles. The van der Waals surface area contributed by atoms with Gasteiger partial charge in [0.05, 0.1) is 28.4 Å². The van der Waals surface area contributed by atoms with E-state index in [-0.39, 0.29) is 5.69 Å². The Morgan fingerprint density at radius 3 is 1.73 bits per heavy atom. The summed E-state index contributed by atoms with van der Waals surface area (Å²) in [6.07, 6.45) is 0. The molecule has 2 rings (SSSR count). The second kappa shape index (κ2) is 8.36. The fraction of sp³-hybridized carbons (Fsp3) is 0.222. The molecule has 0 saturated heterocycles. The van der Waals surface area contributed by atoms with Crippen LogP contribution in [0.1, 0.15) is 13.8 Å². The highest BCUT2D eigenvalue weighted by Gasteiger charge is 2.19. The van der Waals surface area contributed by atoms with Crippen molar-refractivity contribution < 1.29 is 4.92 Å². The maximum atomic E-state index is 10.6. The molecule has 0 aromatic heterocycles. The third kappa shape index (κ3) is 4.40. The van der Waals surface area contributed by atoms with Gasteiger partial charge in [-0.25, -0.2) is 0 Å². The number of nitriles is 2. The van der Waals surface area contributed by atoms with Crippen LogP contribution in [0.25, 0.3) is 0 Å². The molecule has 26 heavy (non-hydrogen) atoms. The van der Waals surface area contributed by atoms with E-state index in [4.69, 9.17) is 10.5 Å². The molecule has 0 radical (unpaired) electrons. The van der Waals surface area contributed by atoms with Crippen LogP contribution in [0.4, 0.5) is 22.7 Å². The van der Waals surface area contributed by atoms with Crippen molar-refractivity contribution in [1.82, 2.24) is 0 Å². The van der Waals surface area contributed by atoms with Gasteiger partial charge < -0.3 is 4.90 Å². The molecular formula is C18H16N6O2. The Labute approximate surface area is 150 Å². The molecule has 0 fully saturated rings. The first kappa shape index (κ1) is 18.6. The average Bonchev–Trinajstić information content (AvgIpc) is 2.67. The van der Waals surface area contributed by atoms with Gasteiger partial charge in [0.25, 0.3) is 5.69 Å². The molecule has 0 aliphatic heterocycles. The molecule has 2 aromatic carbocycles. The Hall–Kier alpha value is -3.78. The van der Waals surface area contributed by atoms with Crippen molar-refractivity contribution in [2.24, 2.45) is 10.2 Å². The van der Waals surface area contributed by atoms with Crippen LogP contribution in [0.2, 0.25) is 0 Å². The van der Waals surface area contributed by atoms with Crippen molar-refractivity contribution in [2.45, 2.75) is 25.9 Å². The Morgan fingerprint density at radius 2 is 1.35 bits per heavy atom. The molecule has 0 amide bonds. The van der Waals surface area contributed by atoms with Crippen molar-refractivity contribution in [3.8, 4) is 12.1 Å². The van der Waals surface area contributed by atoms with Gasteiger partial charge in [-0.1, -0.05) is 0 Å². The van der Waals surface area contributed by atoms with Gasteiger partial charge in [0.1, 0.15) is 12.1 Å². The first-order valence-corrected chi connectivity index (χ1v) is 7.80. The third-order valence-corrected chi connectivity index (χ3v) is 3.70. The van der Waals surface area contributed by atoms with E-state index in [2.05, 4.69) is 22.4 Å². The Bertz CT molecular complexity index is 858. The summed E-state index contributed by atoms with van der Waals surface area (Å²) in [7, 11) is 0. The molecule has 2 aromatic rings. The summed E-state index contributed by atoms with van der Waals surface area (Å²) in [6, 6.07) is 16.1. The fourth-order valence-electron chi connectivity index (χ4n) is 2.35. The average molecular weight is 348 g/mol. The summed E-state index contributed by atoms with van der Waals surface area (Å²) < 4.78 is 0. The van der Waals surface area contributed by atoms with E-state index in [0.29, 0.717) is 11.4 Å². The standard InChI is InChI=1S/C18H16N6O2/c1-13(11-19)23(14(2)12-20)17-7-3-15(4-8-17)21-22-16-5-9-18(10-6-16)24(25)26/h3-10,13-14H,1-2H3. The SMILES string of the molecule is CC(C#N)N(c1ccc(N=Nc2ccc([N+](=O)[O-])cc2)cc1)C(C)C#N. The lowest BCUT2D eigenvalue weighted by Gasteiger charge is -2.29. The van der Waals surface area contributed by atoms with E-state index in [1.165, 1.54) is 24.3 Å². The van der Waals surface area contributed by atoms with Gasteiger partial charge in [-0.15, -0.1) is 0 Å². The number of rotatable bonds is 6. The Morgan fingerprint density at radius 1 is 0.923 bits per heavy atom. The van der Waals surface area contributed by atoms with Gasteiger partial charge in [-0.2, -0.15) is 20.8 Å². The minimum absolute atomic E-state index is 0.00776. The molecule has 2 unspecified atom stereocenters. The Balaban J connectivity index is 2.17. The number of nitro benzene ring substituents is 1. The van der Waals surface area contributed by atoms with E-state index in [1.54, 1.807) is 43.0 Å². The molecule has 0 aliphatic rings. The smallest absolute Gasteiger partial charge is 0.269 e. The molecule has 8 heteroatoms. The van der Waals surface area contributed by atoms with Gasteiger partial charge in [0, 0.05) is 17.8 Å². The zero-order valence-electron chi connectivity index (χ0n) is 14.3. The van der Waals surface area contributed by atoms with Gasteiger partial charge in [-0.05, 0) is 50.2 Å². The zero-order valence-corrected chi connectivity index (χ0v) is 14.3. The largest absolute Gasteiger partial charge is 0.340 e. The van der Waals surface area contributed by atoms with E-state index in [1.807, 2.05) is 0 Å². The van der Waals surface area contributed by atoms with E-state index >= 15 is 0 Å². The molecular weight excluding hydrogens is 332 g/mol. The topological polar surface area (TPSA) is 119 Å². The number of non-ortho nitro benzene ring substituents is 1. The van der Waals surface area contributed by atoms with Crippen LogP contribution in [0.3, 0.4) is 0 Å². The summed E-state index contributed by atoms with van der Waals surface area (Å²) in [5.74, 6) is 0. The van der Waals surface area contributed by atoms with E-state index < -0.39 is 17.0 Å². The lowest BCUT2D eigenvalue weighted by Crippen LogP contribution is -2.38. The first-order valence-electron chi connectivity index (χ1n) is 7.80. The summed E-state index contributed by atoms with van der Waals surface area (Å²) in [6.45, 7) is 3.46. The summed E-state index contributed by atoms with van der Waals surface area (Å²) >= 11 is 0. The van der Waals surface area contributed by atoms with Crippen LogP contribution in [0.5, 0.6) is 0 Å². The van der Waals surface area contributed by atoms with E-state index in [0.717, 1.165) is 5.69 Å². The van der Waals surface area contributed by atoms with Gasteiger partial charge in [0.2, 0.25) is 0 Å². The fourth-order valence-corrected chi connectivity index (χ4v) is 2.35. The van der Waals surface area contributed by atoms with Crippen molar-refractivity contribution in [3.63, 3.8) is 0 Å². The summed E-state index contributed by atoms with van der Waals surface area (Å²) in [5, 5.41) is 37.1. The van der Waals surface area contributed by atoms with Crippen molar-refractivity contribution in [3.05, 3.63) is 58.6 Å². The summed E-state index contributed by atoms with van der Waals surface area (Å²) in [5.41, 5.74) is 1.81. The Kier molecular flexibility index (Phi) is 5.96. The van der Waals surface area contributed by atoms with Crippen LogP contribution >= 0.6 is 0 Å². The van der Waals surface area contributed by atoms with Gasteiger partial charge in [-0.3, -0.25) is 10.1 Å². The predicted octanol–water partition coefficient (Wildman–Crippen LogP) is 4.64. The lowest BCUT2D eigenvalue weighted by atomic mass is 10.1. The van der Waals surface area contributed by atoms with Gasteiger partial charge in [0.15, 0.2) is 0 Å². The van der Waals surface area contributed by atoms with Crippen LogP contribution in [-0.2, 0) is 0 Å². The number of benzene rings is 2. The molecule has 0 bridgehead atoms. The lowest BCUT2D eigenvalue weighted by molar-refractivity contribution is -0.384. The molecule has 0 heterocycles. The second-order valence-electron chi connectivity index (χ2n) is 5.51. The second-order valence-corrected chi connectivity index (χ2v) is 5.51. The molecule has 8 nitrogen and oxygen atoms in total. The predicted molar refractivity (Wildman–Crippen MR) is 96.3 cm³/mol. The normalized spacial score (nSPS) is 12.8. The highest BCUT2D eigenvalue weighted by Crippen LogP contribution is 2.25. The maximum absolute atomic E-state index is 10.6. The number of anilines is 1. The van der Waals surface area contributed by atoms with Crippen molar-refractivity contribution in [1.29, 1.82) is 10.5 Å². The molecule has 0 saturated carbocycles. The van der Waals surface area contributed by atoms with Crippen LogP contribution in [0.15, 0.2) is 58.8 Å². The number of hydrogen-bond donors (Lipinski definition) is 0. The molecule has 0 N–H and O–H groups in total. The van der Waals surface area contributed by atoms with Crippen LogP contribution in [-0.4, -0.2) is 17.0 Å². The monoisotopic (exact) mass is 348 g/mol. The highest BCUT2D eigenvalue weighted by molar-refractivity contribution is 5.56. The van der Waals surface area contributed by atoms with Gasteiger partial charge >= 0.3 is 0 Å². The third-order valence-electron chi connectivity index (χ3n) is 3.70. The maximum Gasteiger partial charge on any atom is 0.269 e. The molecule has 0 spiro atoms. The van der Waals surface area contributed by atoms with Crippen molar-refractivity contribution in [2.75, 3.05) is 4.90 Å². The van der Waals surface area contributed by atoms with Crippen LogP contribution < -0.4 is 4.90 Å². The number of nitro groups is 1.